The van der Waals surface area contributed by atoms with E-state index in [0.717, 1.165) is 4.31 Å². The molecule has 0 aliphatic carbocycles. The molecule has 3 rings (SSSR count). The lowest BCUT2D eigenvalue weighted by atomic mass is 10.1. The van der Waals surface area contributed by atoms with E-state index in [1.54, 1.807) is 63.2 Å². The number of amides is 2. The van der Waals surface area contributed by atoms with Gasteiger partial charge in [-0.15, -0.1) is 0 Å². The van der Waals surface area contributed by atoms with E-state index in [4.69, 9.17) is 34.8 Å². The van der Waals surface area contributed by atoms with Crippen molar-refractivity contribution in [2.75, 3.05) is 17.4 Å². The van der Waals surface area contributed by atoms with Crippen LogP contribution in [0.3, 0.4) is 0 Å². The van der Waals surface area contributed by atoms with Gasteiger partial charge >= 0.3 is 0 Å². The molecule has 0 saturated heterocycles. The molecule has 3 aromatic rings. The Morgan fingerprint density at radius 2 is 1.59 bits per heavy atom. The number of nitrogens with zero attached hydrogens (tertiary/aromatic N) is 2. The van der Waals surface area contributed by atoms with Crippen molar-refractivity contribution in [3.05, 3.63) is 92.9 Å². The van der Waals surface area contributed by atoms with Gasteiger partial charge in [-0.05, 0) is 73.9 Å². The van der Waals surface area contributed by atoms with Crippen molar-refractivity contribution in [1.82, 2.24) is 10.2 Å². The van der Waals surface area contributed by atoms with Crippen LogP contribution in [-0.4, -0.2) is 44.3 Å². The first kappa shape index (κ1) is 30.8. The van der Waals surface area contributed by atoms with Gasteiger partial charge in [0.25, 0.3) is 10.0 Å². The van der Waals surface area contributed by atoms with Crippen molar-refractivity contribution in [2.45, 2.75) is 44.7 Å². The lowest BCUT2D eigenvalue weighted by Crippen LogP contribution is -2.52. The van der Waals surface area contributed by atoms with Crippen molar-refractivity contribution < 1.29 is 18.0 Å². The zero-order valence-electron chi connectivity index (χ0n) is 21.8. The lowest BCUT2D eigenvalue weighted by molar-refractivity contribution is -0.140. The molecule has 3 aromatic carbocycles. The number of halogens is 3. The number of hydrogen-bond donors (Lipinski definition) is 1. The van der Waals surface area contributed by atoms with Gasteiger partial charge in [-0.3, -0.25) is 13.9 Å². The predicted octanol–water partition coefficient (Wildman–Crippen LogP) is 6.09. The molecule has 0 aromatic heterocycles. The summed E-state index contributed by atoms with van der Waals surface area (Å²) in [5.41, 5.74) is 1.65. The first-order chi connectivity index (χ1) is 18.5. The van der Waals surface area contributed by atoms with Crippen molar-refractivity contribution >= 4 is 62.3 Å². The van der Waals surface area contributed by atoms with E-state index >= 15 is 0 Å². The number of aryl methyl sites for hydroxylation is 1. The third-order valence-corrected chi connectivity index (χ3v) is 8.90. The summed E-state index contributed by atoms with van der Waals surface area (Å²) in [6, 6.07) is 16.7. The SMILES string of the molecule is CCNC(=O)[C@@H](CC)N(Cc1ccc(Cl)c(Cl)c1)C(=O)CN(c1ccccc1C)S(=O)(=O)c1ccc(Cl)cc1. The van der Waals surface area contributed by atoms with Gasteiger partial charge in [-0.1, -0.05) is 66.0 Å². The molecule has 0 radical (unpaired) electrons. The average molecular weight is 611 g/mol. The number of likely N-dealkylation sites (N-methyl/N-ethyl adjacent to an activating group) is 1. The van der Waals surface area contributed by atoms with Crippen LogP contribution in [0, 0.1) is 6.92 Å². The van der Waals surface area contributed by atoms with Crippen molar-refractivity contribution in [1.29, 1.82) is 0 Å². The molecule has 2 amide bonds. The summed E-state index contributed by atoms with van der Waals surface area (Å²) in [6.45, 7) is 5.21. The van der Waals surface area contributed by atoms with Crippen LogP contribution < -0.4 is 9.62 Å². The smallest absolute Gasteiger partial charge is 0.264 e. The van der Waals surface area contributed by atoms with Crippen LogP contribution in [0.15, 0.2) is 71.6 Å². The Kier molecular flexibility index (Phi) is 10.7. The van der Waals surface area contributed by atoms with Gasteiger partial charge in [0.15, 0.2) is 0 Å². The first-order valence-corrected chi connectivity index (χ1v) is 14.9. The molecule has 0 saturated carbocycles. The van der Waals surface area contributed by atoms with E-state index in [1.807, 2.05) is 0 Å². The Labute approximate surface area is 244 Å². The van der Waals surface area contributed by atoms with E-state index in [0.29, 0.717) is 44.8 Å². The van der Waals surface area contributed by atoms with E-state index in [-0.39, 0.29) is 17.3 Å². The largest absolute Gasteiger partial charge is 0.355 e. The molecule has 7 nitrogen and oxygen atoms in total. The number of rotatable bonds is 11. The van der Waals surface area contributed by atoms with E-state index < -0.39 is 28.5 Å². The minimum Gasteiger partial charge on any atom is -0.355 e. The Morgan fingerprint density at radius 1 is 0.923 bits per heavy atom. The van der Waals surface area contributed by atoms with Crippen LogP contribution >= 0.6 is 34.8 Å². The second-order valence-corrected chi connectivity index (χ2v) is 12.0. The molecule has 1 N–H and O–H groups in total. The van der Waals surface area contributed by atoms with Gasteiger partial charge in [0.2, 0.25) is 11.8 Å². The van der Waals surface area contributed by atoms with Crippen LogP contribution in [0.25, 0.3) is 0 Å². The molecule has 0 aliphatic rings. The fraction of sp³-hybridized carbons (Fsp3) is 0.286. The van der Waals surface area contributed by atoms with Crippen molar-refractivity contribution in [2.24, 2.45) is 0 Å². The Balaban J connectivity index is 2.08. The lowest BCUT2D eigenvalue weighted by Gasteiger charge is -2.33. The Bertz CT molecular complexity index is 1430. The van der Waals surface area contributed by atoms with E-state index in [9.17, 15) is 18.0 Å². The normalized spacial score (nSPS) is 12.1. The number of nitrogens with one attached hydrogen (secondary N) is 1. The summed E-state index contributed by atoms with van der Waals surface area (Å²) in [6.07, 6.45) is 0.313. The summed E-state index contributed by atoms with van der Waals surface area (Å²) in [5, 5.41) is 3.81. The molecular formula is C28H30Cl3N3O4S. The highest BCUT2D eigenvalue weighted by atomic mass is 35.5. The van der Waals surface area contributed by atoms with Gasteiger partial charge in [-0.25, -0.2) is 8.42 Å². The van der Waals surface area contributed by atoms with Crippen LogP contribution in [0.2, 0.25) is 15.1 Å². The first-order valence-electron chi connectivity index (χ1n) is 12.3. The maximum atomic E-state index is 14.0. The standard InChI is InChI=1S/C28H30Cl3N3O4S/c1-4-25(28(36)32-5-2)33(17-20-10-15-23(30)24(31)16-20)27(35)18-34(26-9-7-6-8-19(26)3)39(37,38)22-13-11-21(29)12-14-22/h6-16,25H,4-5,17-18H2,1-3H3,(H,32,36)/t25-/m1/s1. The fourth-order valence-electron chi connectivity index (χ4n) is 4.14. The average Bonchev–Trinajstić information content (AvgIpc) is 2.90. The summed E-state index contributed by atoms with van der Waals surface area (Å²) in [7, 11) is -4.18. The van der Waals surface area contributed by atoms with Gasteiger partial charge in [0.1, 0.15) is 12.6 Å². The highest BCUT2D eigenvalue weighted by Crippen LogP contribution is 2.29. The number of carbonyl (C=O) groups is 2. The molecule has 39 heavy (non-hydrogen) atoms. The van der Waals surface area contributed by atoms with E-state index in [2.05, 4.69) is 5.32 Å². The number of para-hydroxylation sites is 1. The molecule has 11 heteroatoms. The summed E-state index contributed by atoms with van der Waals surface area (Å²) < 4.78 is 28.8. The van der Waals surface area contributed by atoms with Gasteiger partial charge in [0.05, 0.1) is 20.6 Å². The van der Waals surface area contributed by atoms with Crippen LogP contribution in [0.5, 0.6) is 0 Å². The second-order valence-electron chi connectivity index (χ2n) is 8.84. The summed E-state index contributed by atoms with van der Waals surface area (Å²) in [5.74, 6) is -0.892. The number of anilines is 1. The minimum atomic E-state index is -4.18. The molecule has 208 valence electrons. The zero-order valence-corrected chi connectivity index (χ0v) is 24.9. The molecule has 0 bridgehead atoms. The molecule has 1 atom stereocenters. The molecule has 0 heterocycles. The van der Waals surface area contributed by atoms with E-state index in [1.165, 1.54) is 29.2 Å². The van der Waals surface area contributed by atoms with Crippen LogP contribution in [0.4, 0.5) is 5.69 Å². The Morgan fingerprint density at radius 3 is 2.18 bits per heavy atom. The Hall–Kier alpha value is -2.78. The maximum absolute atomic E-state index is 14.0. The number of sulfonamides is 1. The summed E-state index contributed by atoms with van der Waals surface area (Å²) in [4.78, 5) is 28.4. The predicted molar refractivity (Wildman–Crippen MR) is 157 cm³/mol. The highest BCUT2D eigenvalue weighted by molar-refractivity contribution is 7.92. The van der Waals surface area contributed by atoms with Crippen LogP contribution in [-0.2, 0) is 26.2 Å². The topological polar surface area (TPSA) is 86.8 Å². The number of hydrogen-bond acceptors (Lipinski definition) is 4. The number of benzene rings is 3. The molecule has 0 fully saturated rings. The molecule has 0 aliphatic heterocycles. The third kappa shape index (κ3) is 7.45. The fourth-order valence-corrected chi connectivity index (χ4v) is 6.06. The van der Waals surface area contributed by atoms with Gasteiger partial charge < -0.3 is 10.2 Å². The third-order valence-electron chi connectivity index (χ3n) is 6.14. The van der Waals surface area contributed by atoms with Gasteiger partial charge in [0, 0.05) is 18.1 Å². The van der Waals surface area contributed by atoms with Crippen molar-refractivity contribution in [3.63, 3.8) is 0 Å². The number of carbonyl (C=O) groups excluding carboxylic acids is 2. The zero-order chi connectivity index (χ0) is 28.7. The van der Waals surface area contributed by atoms with Crippen molar-refractivity contribution in [3.8, 4) is 0 Å². The minimum absolute atomic E-state index is 0.0187. The van der Waals surface area contributed by atoms with Gasteiger partial charge in [-0.2, -0.15) is 0 Å². The second kappa shape index (κ2) is 13.5. The monoisotopic (exact) mass is 609 g/mol. The molecular weight excluding hydrogens is 581 g/mol. The summed E-state index contributed by atoms with van der Waals surface area (Å²) >= 11 is 18.3. The molecule has 0 spiro atoms. The maximum Gasteiger partial charge on any atom is 0.264 e. The van der Waals surface area contributed by atoms with Crippen LogP contribution in [0.1, 0.15) is 31.4 Å². The highest BCUT2D eigenvalue weighted by Gasteiger charge is 2.34. The molecule has 0 unspecified atom stereocenters. The quantitative estimate of drug-likeness (QED) is 0.285.